The Kier molecular flexibility index (Phi) is 5.86. The van der Waals surface area contributed by atoms with E-state index in [0.717, 1.165) is 13.1 Å². The van der Waals surface area contributed by atoms with Crippen molar-refractivity contribution >= 4 is 45.6 Å². The quantitative estimate of drug-likeness (QED) is 0.505. The van der Waals surface area contributed by atoms with Gasteiger partial charge in [0, 0.05) is 31.2 Å². The SMILES string of the molecule is O=C(CCN(Cc1cccc2ccccc12)C1CC1)Nc1ccc(Cl)c(Cl)c1. The highest BCUT2D eigenvalue weighted by Gasteiger charge is 2.29. The Morgan fingerprint density at radius 3 is 2.57 bits per heavy atom. The molecular weight excluding hydrogens is 391 g/mol. The van der Waals surface area contributed by atoms with Crippen molar-refractivity contribution in [1.82, 2.24) is 4.90 Å². The standard InChI is InChI=1S/C23H22Cl2N2O/c24-21-11-8-18(14-22(21)25)26-23(28)12-13-27(19-9-10-19)15-17-6-3-5-16-4-1-2-7-20(16)17/h1-8,11,14,19H,9-10,12-13,15H2,(H,26,28). The van der Waals surface area contributed by atoms with Crippen LogP contribution in [0.2, 0.25) is 10.0 Å². The van der Waals surface area contributed by atoms with Crippen LogP contribution in [0.15, 0.2) is 60.7 Å². The predicted octanol–water partition coefficient (Wildman–Crippen LogP) is 6.14. The fraction of sp³-hybridized carbons (Fsp3) is 0.261. The monoisotopic (exact) mass is 412 g/mol. The second-order valence-corrected chi connectivity index (χ2v) is 8.08. The lowest BCUT2D eigenvalue weighted by molar-refractivity contribution is -0.116. The number of hydrogen-bond acceptors (Lipinski definition) is 2. The number of carbonyl (C=O) groups is 1. The van der Waals surface area contributed by atoms with Gasteiger partial charge in [0.2, 0.25) is 5.91 Å². The molecule has 0 atom stereocenters. The Morgan fingerprint density at radius 2 is 1.79 bits per heavy atom. The molecule has 0 saturated heterocycles. The summed E-state index contributed by atoms with van der Waals surface area (Å²) in [7, 11) is 0. The van der Waals surface area contributed by atoms with Crippen LogP contribution in [0.1, 0.15) is 24.8 Å². The van der Waals surface area contributed by atoms with Gasteiger partial charge in [-0.3, -0.25) is 9.69 Å². The number of fused-ring (bicyclic) bond motifs is 1. The molecule has 0 unspecified atom stereocenters. The number of rotatable bonds is 7. The van der Waals surface area contributed by atoms with E-state index in [9.17, 15) is 4.79 Å². The van der Waals surface area contributed by atoms with E-state index in [1.54, 1.807) is 18.2 Å². The summed E-state index contributed by atoms with van der Waals surface area (Å²) in [5.41, 5.74) is 1.99. The van der Waals surface area contributed by atoms with Crippen molar-refractivity contribution in [3.63, 3.8) is 0 Å². The average Bonchev–Trinajstić information content (AvgIpc) is 3.53. The van der Waals surface area contributed by atoms with Crippen LogP contribution in [-0.4, -0.2) is 23.4 Å². The fourth-order valence-corrected chi connectivity index (χ4v) is 3.82. The summed E-state index contributed by atoms with van der Waals surface area (Å²) >= 11 is 11.9. The Bertz CT molecular complexity index is 996. The van der Waals surface area contributed by atoms with Gasteiger partial charge < -0.3 is 5.32 Å². The van der Waals surface area contributed by atoms with E-state index >= 15 is 0 Å². The summed E-state index contributed by atoms with van der Waals surface area (Å²) in [5.74, 6) is -0.0121. The van der Waals surface area contributed by atoms with Crippen LogP contribution in [0.25, 0.3) is 10.8 Å². The van der Waals surface area contributed by atoms with Gasteiger partial charge in [0.15, 0.2) is 0 Å². The molecule has 28 heavy (non-hydrogen) atoms. The maximum Gasteiger partial charge on any atom is 0.225 e. The molecule has 0 aromatic heterocycles. The first-order chi connectivity index (χ1) is 13.6. The third kappa shape index (κ3) is 4.67. The van der Waals surface area contributed by atoms with Gasteiger partial charge in [0.05, 0.1) is 10.0 Å². The molecular formula is C23H22Cl2N2O. The van der Waals surface area contributed by atoms with Gasteiger partial charge in [-0.25, -0.2) is 0 Å². The van der Waals surface area contributed by atoms with Crippen LogP contribution in [0.3, 0.4) is 0 Å². The maximum absolute atomic E-state index is 12.4. The maximum atomic E-state index is 12.4. The van der Waals surface area contributed by atoms with Gasteiger partial charge in [-0.15, -0.1) is 0 Å². The molecule has 0 bridgehead atoms. The van der Waals surface area contributed by atoms with E-state index in [-0.39, 0.29) is 5.91 Å². The summed E-state index contributed by atoms with van der Waals surface area (Å²) in [5, 5.41) is 6.38. The molecule has 0 spiro atoms. The Labute approximate surface area is 175 Å². The van der Waals surface area contributed by atoms with E-state index in [1.807, 2.05) is 0 Å². The van der Waals surface area contributed by atoms with Gasteiger partial charge in [0.25, 0.3) is 0 Å². The van der Waals surface area contributed by atoms with Crippen molar-refractivity contribution in [1.29, 1.82) is 0 Å². The highest BCUT2D eigenvalue weighted by Crippen LogP contribution is 2.30. The number of amides is 1. The van der Waals surface area contributed by atoms with Crippen LogP contribution in [0.5, 0.6) is 0 Å². The van der Waals surface area contributed by atoms with Crippen molar-refractivity contribution < 1.29 is 4.79 Å². The third-order valence-electron chi connectivity index (χ3n) is 5.15. The van der Waals surface area contributed by atoms with Gasteiger partial charge in [0.1, 0.15) is 0 Å². The number of hydrogen-bond donors (Lipinski definition) is 1. The Balaban J connectivity index is 1.40. The molecule has 0 radical (unpaired) electrons. The minimum Gasteiger partial charge on any atom is -0.326 e. The fourth-order valence-electron chi connectivity index (χ4n) is 3.52. The molecule has 5 heteroatoms. The van der Waals surface area contributed by atoms with Crippen molar-refractivity contribution in [2.75, 3.05) is 11.9 Å². The molecule has 1 aliphatic rings. The van der Waals surface area contributed by atoms with Crippen LogP contribution < -0.4 is 5.32 Å². The molecule has 1 N–H and O–H groups in total. The predicted molar refractivity (Wildman–Crippen MR) is 117 cm³/mol. The zero-order valence-corrected chi connectivity index (χ0v) is 17.0. The number of nitrogens with one attached hydrogen (secondary N) is 1. The molecule has 144 valence electrons. The Morgan fingerprint density at radius 1 is 1.00 bits per heavy atom. The molecule has 3 aromatic rings. The lowest BCUT2D eigenvalue weighted by Gasteiger charge is -2.22. The number of halogens is 2. The topological polar surface area (TPSA) is 32.3 Å². The van der Waals surface area contributed by atoms with E-state index in [0.29, 0.717) is 28.2 Å². The number of carbonyl (C=O) groups excluding carboxylic acids is 1. The van der Waals surface area contributed by atoms with Crippen molar-refractivity contribution in [2.45, 2.75) is 31.8 Å². The second-order valence-electron chi connectivity index (χ2n) is 7.27. The number of anilines is 1. The summed E-state index contributed by atoms with van der Waals surface area (Å²) in [6.07, 6.45) is 2.86. The van der Waals surface area contributed by atoms with Gasteiger partial charge in [-0.2, -0.15) is 0 Å². The zero-order valence-electron chi connectivity index (χ0n) is 15.5. The van der Waals surface area contributed by atoms with Crippen LogP contribution >= 0.6 is 23.2 Å². The van der Waals surface area contributed by atoms with Gasteiger partial charge in [-0.05, 0) is 47.4 Å². The molecule has 1 fully saturated rings. The van der Waals surface area contributed by atoms with Gasteiger partial charge in [-0.1, -0.05) is 65.7 Å². The average molecular weight is 413 g/mol. The molecule has 3 aromatic carbocycles. The summed E-state index contributed by atoms with van der Waals surface area (Å²) < 4.78 is 0. The number of benzene rings is 3. The second kappa shape index (κ2) is 8.52. The van der Waals surface area contributed by atoms with Crippen molar-refractivity contribution in [2.24, 2.45) is 0 Å². The van der Waals surface area contributed by atoms with Crippen LogP contribution in [0.4, 0.5) is 5.69 Å². The first-order valence-electron chi connectivity index (χ1n) is 9.56. The zero-order chi connectivity index (χ0) is 19.5. The smallest absolute Gasteiger partial charge is 0.225 e. The van der Waals surface area contributed by atoms with Crippen molar-refractivity contribution in [3.8, 4) is 0 Å². The lowest BCUT2D eigenvalue weighted by atomic mass is 10.0. The molecule has 4 rings (SSSR count). The minimum atomic E-state index is -0.0121. The third-order valence-corrected chi connectivity index (χ3v) is 5.89. The van der Waals surface area contributed by atoms with E-state index in [1.165, 1.54) is 29.2 Å². The molecule has 1 saturated carbocycles. The Hall–Kier alpha value is -2.07. The summed E-state index contributed by atoms with van der Waals surface area (Å²) in [6, 6.07) is 20.6. The first-order valence-corrected chi connectivity index (χ1v) is 10.3. The van der Waals surface area contributed by atoms with Crippen LogP contribution in [-0.2, 0) is 11.3 Å². The summed E-state index contributed by atoms with van der Waals surface area (Å²) in [4.78, 5) is 14.8. The molecule has 1 amide bonds. The summed E-state index contributed by atoms with van der Waals surface area (Å²) in [6.45, 7) is 1.60. The molecule has 1 aliphatic carbocycles. The van der Waals surface area contributed by atoms with Crippen LogP contribution in [0, 0.1) is 0 Å². The number of nitrogens with zero attached hydrogens (tertiary/aromatic N) is 1. The van der Waals surface area contributed by atoms with Gasteiger partial charge >= 0.3 is 0 Å². The highest BCUT2D eigenvalue weighted by molar-refractivity contribution is 6.42. The molecule has 0 heterocycles. The van der Waals surface area contributed by atoms with E-state index < -0.39 is 0 Å². The first kappa shape index (κ1) is 19.3. The highest BCUT2D eigenvalue weighted by atomic mass is 35.5. The van der Waals surface area contributed by atoms with Crippen molar-refractivity contribution in [3.05, 3.63) is 76.3 Å². The largest absolute Gasteiger partial charge is 0.326 e. The molecule has 3 nitrogen and oxygen atoms in total. The normalized spacial score (nSPS) is 13.8. The lowest BCUT2D eigenvalue weighted by Crippen LogP contribution is -2.29. The van der Waals surface area contributed by atoms with E-state index in [4.69, 9.17) is 23.2 Å². The minimum absolute atomic E-state index is 0.0121. The molecule has 0 aliphatic heterocycles. The van der Waals surface area contributed by atoms with E-state index in [2.05, 4.69) is 52.7 Å².